The Hall–Kier alpha value is -11.5. The van der Waals surface area contributed by atoms with E-state index in [0.29, 0.717) is 38.5 Å². The fraction of sp³-hybridized carbons (Fsp3) is 0.455. The fourth-order valence-corrected chi connectivity index (χ4v) is 16.3. The van der Waals surface area contributed by atoms with Gasteiger partial charge >= 0.3 is 30.3 Å². The number of fused-ring (bicyclic) bond motifs is 4. The van der Waals surface area contributed by atoms with Crippen LogP contribution < -0.4 is 26.6 Å². The molecule has 8 heterocycles. The molecule has 6 aliphatic rings. The number of hydrogen-bond donors (Lipinski definition) is 8. The minimum atomic E-state index is -1.06. The van der Waals surface area contributed by atoms with Crippen molar-refractivity contribution in [1.82, 2.24) is 61.2 Å². The first-order valence-electron chi connectivity index (χ1n) is 40.2. The number of aliphatic imine (C=N–C) groups is 2. The largest absolute Gasteiger partial charge is 0.480 e. The van der Waals surface area contributed by atoms with E-state index in [1.54, 1.807) is 13.8 Å². The van der Waals surface area contributed by atoms with E-state index < -0.39 is 54.5 Å². The zero-order valence-electron chi connectivity index (χ0n) is 67.8. The quantitative estimate of drug-likeness (QED) is 0.0292. The Balaban J connectivity index is 0.000000189. The maximum Gasteiger partial charge on any atom is 0.407 e. The zero-order valence-corrected chi connectivity index (χ0v) is 67.8. The molecule has 0 radical (unpaired) electrons. The third-order valence-corrected chi connectivity index (χ3v) is 23.3. The molecule has 0 aliphatic carbocycles. The van der Waals surface area contributed by atoms with Crippen molar-refractivity contribution in [1.29, 1.82) is 0 Å². The predicted octanol–water partition coefficient (Wildman–Crippen LogP) is 14.6. The number of methoxy groups -OCH3 is 4. The molecular formula is C88H108N14O13. The minimum Gasteiger partial charge on any atom is -0.480 e. The van der Waals surface area contributed by atoms with Gasteiger partial charge in [-0.3, -0.25) is 24.4 Å². The van der Waals surface area contributed by atoms with E-state index in [4.69, 9.17) is 39.3 Å². The van der Waals surface area contributed by atoms with Crippen LogP contribution in [0.1, 0.15) is 167 Å². The number of hydrogen-bond acceptors (Lipinski definition) is 17. The molecule has 0 bridgehead atoms. The van der Waals surface area contributed by atoms with Gasteiger partial charge in [0.05, 0.1) is 74.7 Å². The van der Waals surface area contributed by atoms with E-state index in [-0.39, 0.29) is 59.5 Å². The number of benzene rings is 6. The van der Waals surface area contributed by atoms with Gasteiger partial charge in [-0.1, -0.05) is 129 Å². The molecule has 115 heavy (non-hydrogen) atoms. The maximum atomic E-state index is 13.8. The average molecular weight is 1570 g/mol. The van der Waals surface area contributed by atoms with E-state index in [1.807, 2.05) is 74.7 Å². The Kier molecular flexibility index (Phi) is 26.8. The number of imidazole rings is 2. The third-order valence-electron chi connectivity index (χ3n) is 23.3. The number of ether oxygens (including phenoxy) is 4. The number of allylic oxidation sites excluding steroid dienone is 2. The van der Waals surface area contributed by atoms with Gasteiger partial charge in [-0.15, -0.1) is 0 Å². The van der Waals surface area contributed by atoms with Crippen LogP contribution in [0, 0.1) is 23.7 Å². The second kappa shape index (κ2) is 37.2. The number of carboxylic acid groups (broad SMARTS) is 1. The summed E-state index contributed by atoms with van der Waals surface area (Å²) in [6.45, 7) is 18.2. The van der Waals surface area contributed by atoms with E-state index in [2.05, 4.69) is 144 Å². The van der Waals surface area contributed by atoms with Gasteiger partial charge < -0.3 is 75.3 Å². The summed E-state index contributed by atoms with van der Waals surface area (Å²) in [5.41, 5.74) is 14.8. The van der Waals surface area contributed by atoms with Crippen molar-refractivity contribution in [2.75, 3.05) is 54.6 Å². The number of carbonyl (C=O) groups is 8. The average Bonchev–Trinajstić information content (AvgIpc) is 1.68. The molecule has 4 saturated heterocycles. The molecule has 8 aromatic rings. The van der Waals surface area contributed by atoms with Crippen molar-refractivity contribution in [3.63, 3.8) is 0 Å². The summed E-state index contributed by atoms with van der Waals surface area (Å²) in [5.74, 6) is 0.121. The van der Waals surface area contributed by atoms with Crippen LogP contribution in [0.5, 0.6) is 0 Å². The molecule has 2 aromatic heterocycles. The summed E-state index contributed by atoms with van der Waals surface area (Å²) in [5, 5.41) is 27.2. The molecule has 0 saturated carbocycles. The van der Waals surface area contributed by atoms with Gasteiger partial charge in [0.1, 0.15) is 35.8 Å². The summed E-state index contributed by atoms with van der Waals surface area (Å²) < 4.78 is 18.7. The van der Waals surface area contributed by atoms with Crippen LogP contribution >= 0.6 is 0 Å². The standard InChI is InChI=1S/C44H53N7O6.C37H42N6O3.C7H13NO4/c1-7-26(4)39(49-44(55)57-6)42(53)50-18-8-10-36(50)35-23-32(24-45-35)30-15-14-27-20-29(13-12-28(27)21-30)31-16-17-33-34(22-31)47-40(46-33)37-11-9-19-51(37)41(52)38(25(2)3)48-43(54)56-5;1-4-22(2)34(42-37(45)46-3)36(44)43-16-6-8-33(43)32-20-28(21-39-32)26-12-11-23-17-25(10-9-24(23)18-26)27-13-14-29-31(19-27)41-35(40-29)30-7-5-15-38-30;1-4(2)5(6(9)10)8-7(11)12-3/h12-17,20-22,24-26,36-39H,7-11,18-19,23H2,1-6H3,(H,46,47)(H,48,54)(H,49,55);9-14,17-19,21-22,30,33-34,38H,4-8,15-16,20H2,1-3H3,(H,40,41)(H,42,45);4-5H,1-3H3,(H,8,11)(H,9,10)/t26-,36-,37-,38-,39-;22-,30-,33-,34-;5-/m000/s1. The number of nitrogens with zero attached hydrogens (tertiary/aromatic N) is 7. The maximum absolute atomic E-state index is 13.8. The lowest BCUT2D eigenvalue weighted by molar-refractivity contribution is -0.140. The molecule has 8 N–H and O–H groups in total. The van der Waals surface area contributed by atoms with Crippen LogP contribution in [0.4, 0.5) is 19.2 Å². The number of aromatic nitrogens is 4. The highest BCUT2D eigenvalue weighted by molar-refractivity contribution is 6.06. The van der Waals surface area contributed by atoms with Gasteiger partial charge in [0.25, 0.3) is 0 Å². The summed E-state index contributed by atoms with van der Waals surface area (Å²) in [4.78, 5) is 130. The number of likely N-dealkylation sites (tertiary alicyclic amines) is 3. The predicted molar refractivity (Wildman–Crippen MR) is 445 cm³/mol. The second-order valence-corrected chi connectivity index (χ2v) is 31.4. The molecule has 608 valence electrons. The monoisotopic (exact) mass is 1570 g/mol. The van der Waals surface area contributed by atoms with Crippen LogP contribution in [-0.4, -0.2) is 190 Å². The molecule has 6 aliphatic heterocycles. The molecule has 0 unspecified atom stereocenters. The van der Waals surface area contributed by atoms with E-state index in [1.165, 1.54) is 51.2 Å². The highest BCUT2D eigenvalue weighted by Gasteiger charge is 2.42. The van der Waals surface area contributed by atoms with E-state index in [9.17, 15) is 38.4 Å². The minimum absolute atomic E-state index is 0.00876. The van der Waals surface area contributed by atoms with Gasteiger partial charge in [0.15, 0.2) is 0 Å². The highest BCUT2D eigenvalue weighted by Crippen LogP contribution is 2.39. The van der Waals surface area contributed by atoms with Gasteiger partial charge in [-0.2, -0.15) is 0 Å². The third kappa shape index (κ3) is 19.0. The molecule has 27 nitrogen and oxygen atoms in total. The van der Waals surface area contributed by atoms with Crippen LogP contribution in [0.25, 0.3) is 77.0 Å². The summed E-state index contributed by atoms with van der Waals surface area (Å²) in [7, 11) is 5.12. The number of amides is 7. The molecule has 0 spiro atoms. The lowest BCUT2D eigenvalue weighted by Crippen LogP contribution is -2.54. The SMILES string of the molecule is CC[C@H](C)[C@H](NC(=O)OC)C(=O)N1CCC[C@H]1C1=NC=C(c2ccc3cc(-c4ccc5nc([C@@H]6CCCN6)[nH]c5c4)ccc3c2)C1.CC[C@H](C)[C@H](NC(=O)OC)C(=O)N1CCC[C@H]1C1=NC=C(c2ccc3cc(-c4ccc5nc([C@@H]6CCCN6C(=O)[C@@H](NC(=O)OC)C(C)C)[nH]c5c4)ccc3c2)C1.COC(=O)N[C@H](C(=O)O)C(C)C. The Morgan fingerprint density at radius 3 is 1.20 bits per heavy atom. The van der Waals surface area contributed by atoms with Gasteiger partial charge in [0.2, 0.25) is 17.7 Å². The number of carbonyl (C=O) groups excluding carboxylic acids is 7. The van der Waals surface area contributed by atoms with Crippen molar-refractivity contribution in [2.45, 2.75) is 181 Å². The topological polar surface area (TPSA) is 346 Å². The molecule has 27 heteroatoms. The van der Waals surface area contributed by atoms with E-state index in [0.717, 1.165) is 159 Å². The molecule has 7 amide bonds. The number of H-pyrrole nitrogens is 2. The first kappa shape index (κ1) is 83.0. The molecular weight excluding hydrogens is 1460 g/mol. The number of rotatable bonds is 22. The summed E-state index contributed by atoms with van der Waals surface area (Å²) in [6.07, 6.45) is 11.7. The number of nitrogens with one attached hydrogen (secondary N) is 7. The Bertz CT molecular complexity index is 5070. The van der Waals surface area contributed by atoms with Crippen molar-refractivity contribution < 1.29 is 62.4 Å². The Morgan fingerprint density at radius 1 is 0.443 bits per heavy atom. The lowest BCUT2D eigenvalue weighted by atomic mass is 9.94. The fourth-order valence-electron chi connectivity index (χ4n) is 16.3. The van der Waals surface area contributed by atoms with Crippen LogP contribution in [0.2, 0.25) is 0 Å². The Morgan fingerprint density at radius 2 is 0.800 bits per heavy atom. The molecule has 4 fully saturated rings. The summed E-state index contributed by atoms with van der Waals surface area (Å²) >= 11 is 0. The normalized spacial score (nSPS) is 19.4. The van der Waals surface area contributed by atoms with Crippen molar-refractivity contribution in [3.8, 4) is 22.3 Å². The number of aromatic amines is 2. The second-order valence-electron chi connectivity index (χ2n) is 31.4. The van der Waals surface area contributed by atoms with Gasteiger partial charge in [-0.05, 0) is 196 Å². The Labute approximate surface area is 670 Å². The van der Waals surface area contributed by atoms with E-state index >= 15 is 0 Å². The number of alkyl carbamates (subject to hydrolysis) is 4. The van der Waals surface area contributed by atoms with Crippen LogP contribution in [0.15, 0.2) is 132 Å². The summed E-state index contributed by atoms with van der Waals surface area (Å²) in [6, 6.07) is 35.9. The van der Waals surface area contributed by atoms with Gasteiger partial charge in [0, 0.05) is 56.3 Å². The van der Waals surface area contributed by atoms with Crippen LogP contribution in [0.3, 0.4) is 0 Å². The van der Waals surface area contributed by atoms with Gasteiger partial charge in [-0.25, -0.2) is 33.9 Å². The number of aliphatic carboxylic acids is 1. The zero-order chi connectivity index (χ0) is 81.9. The van der Waals surface area contributed by atoms with Crippen molar-refractivity contribution in [2.24, 2.45) is 33.7 Å². The first-order valence-corrected chi connectivity index (χ1v) is 40.2. The van der Waals surface area contributed by atoms with Crippen molar-refractivity contribution in [3.05, 3.63) is 144 Å². The molecule has 6 aromatic carbocycles. The number of carboxylic acids is 1. The molecule has 10 atom stereocenters. The smallest absolute Gasteiger partial charge is 0.407 e. The van der Waals surface area contributed by atoms with Crippen LogP contribution in [-0.2, 0) is 38.1 Å². The molecule has 14 rings (SSSR count). The highest BCUT2D eigenvalue weighted by atomic mass is 16.6. The first-order chi connectivity index (χ1) is 55.4. The van der Waals surface area contributed by atoms with Crippen molar-refractivity contribution >= 4 is 114 Å². The lowest BCUT2D eigenvalue weighted by Gasteiger charge is -2.31.